The van der Waals surface area contributed by atoms with Crippen molar-refractivity contribution in [3.63, 3.8) is 0 Å². The van der Waals surface area contributed by atoms with E-state index in [9.17, 15) is 0 Å². The lowest BCUT2D eigenvalue weighted by Gasteiger charge is -2.27. The molecule has 15 heavy (non-hydrogen) atoms. The summed E-state index contributed by atoms with van der Waals surface area (Å²) in [4.78, 5) is 4.26. The van der Waals surface area contributed by atoms with E-state index in [1.54, 1.807) is 0 Å². The van der Waals surface area contributed by atoms with Gasteiger partial charge in [0.2, 0.25) is 0 Å². The Morgan fingerprint density at radius 3 is 2.73 bits per heavy atom. The molecule has 1 aliphatic carbocycles. The Morgan fingerprint density at radius 2 is 2.13 bits per heavy atom. The molecule has 0 spiro atoms. The van der Waals surface area contributed by atoms with E-state index in [1.807, 2.05) is 0 Å². The number of aliphatic hydroxyl groups is 2. The minimum atomic E-state index is -1.41. The highest BCUT2D eigenvalue weighted by Crippen LogP contribution is 2.31. The summed E-state index contributed by atoms with van der Waals surface area (Å²) in [5, 5.41) is 18.1. The predicted octanol–water partition coefficient (Wildman–Crippen LogP) is 0.921. The maximum absolute atomic E-state index is 9.04. The highest BCUT2D eigenvalue weighted by Gasteiger charge is 2.28. The van der Waals surface area contributed by atoms with Crippen molar-refractivity contribution in [3.8, 4) is 0 Å². The summed E-state index contributed by atoms with van der Waals surface area (Å²) in [6.07, 6.45) is 2.54. The van der Waals surface area contributed by atoms with Gasteiger partial charge in [-0.1, -0.05) is 6.92 Å². The molecule has 4 nitrogen and oxygen atoms in total. The molecule has 1 aliphatic heterocycles. The molecule has 1 fully saturated rings. The van der Waals surface area contributed by atoms with Crippen LogP contribution in [0, 0.1) is 11.8 Å². The van der Waals surface area contributed by atoms with Crippen molar-refractivity contribution >= 4 is 5.71 Å². The SMILES string of the molecule is CC1CCC(C(O)O)=NC1OCC1CC1. The number of hydrogen-bond acceptors (Lipinski definition) is 4. The van der Waals surface area contributed by atoms with Crippen LogP contribution < -0.4 is 0 Å². The average molecular weight is 213 g/mol. The van der Waals surface area contributed by atoms with Crippen molar-refractivity contribution in [2.45, 2.75) is 45.1 Å². The highest BCUT2D eigenvalue weighted by atomic mass is 16.5. The maximum Gasteiger partial charge on any atom is 0.191 e. The quantitative estimate of drug-likeness (QED) is 0.683. The van der Waals surface area contributed by atoms with Gasteiger partial charge in [0.25, 0.3) is 0 Å². The first-order chi connectivity index (χ1) is 7.16. The van der Waals surface area contributed by atoms with E-state index in [4.69, 9.17) is 14.9 Å². The van der Waals surface area contributed by atoms with Gasteiger partial charge in [-0.3, -0.25) is 4.99 Å². The summed E-state index contributed by atoms with van der Waals surface area (Å²) < 4.78 is 5.69. The van der Waals surface area contributed by atoms with Crippen LogP contribution in [0.2, 0.25) is 0 Å². The fourth-order valence-corrected chi connectivity index (χ4v) is 1.79. The molecule has 0 aromatic carbocycles. The molecule has 0 bridgehead atoms. The maximum atomic E-state index is 9.04. The van der Waals surface area contributed by atoms with Gasteiger partial charge in [0.1, 0.15) is 0 Å². The van der Waals surface area contributed by atoms with Crippen molar-refractivity contribution in [1.82, 2.24) is 0 Å². The average Bonchev–Trinajstić information content (AvgIpc) is 3.00. The zero-order chi connectivity index (χ0) is 10.8. The summed E-state index contributed by atoms with van der Waals surface area (Å²) in [7, 11) is 0. The van der Waals surface area contributed by atoms with Gasteiger partial charge in [-0.25, -0.2) is 0 Å². The number of ether oxygens (including phenoxy) is 1. The largest absolute Gasteiger partial charge is 0.363 e. The van der Waals surface area contributed by atoms with Crippen molar-refractivity contribution in [2.75, 3.05) is 6.61 Å². The smallest absolute Gasteiger partial charge is 0.191 e. The Balaban J connectivity index is 1.90. The Bertz CT molecular complexity index is 248. The lowest BCUT2D eigenvalue weighted by atomic mass is 9.97. The van der Waals surface area contributed by atoms with Gasteiger partial charge >= 0.3 is 0 Å². The van der Waals surface area contributed by atoms with Crippen molar-refractivity contribution in [2.24, 2.45) is 16.8 Å². The first-order valence-corrected chi connectivity index (χ1v) is 5.71. The molecule has 2 atom stereocenters. The summed E-state index contributed by atoms with van der Waals surface area (Å²) in [6, 6.07) is 0. The van der Waals surface area contributed by atoms with Gasteiger partial charge in [0.15, 0.2) is 12.5 Å². The molecule has 0 radical (unpaired) electrons. The molecule has 2 rings (SSSR count). The number of hydrogen-bond donors (Lipinski definition) is 2. The third-order valence-electron chi connectivity index (χ3n) is 3.13. The van der Waals surface area contributed by atoms with E-state index >= 15 is 0 Å². The summed E-state index contributed by atoms with van der Waals surface area (Å²) >= 11 is 0. The minimum Gasteiger partial charge on any atom is -0.363 e. The van der Waals surface area contributed by atoms with Crippen LogP contribution >= 0.6 is 0 Å². The molecule has 0 aromatic heterocycles. The Labute approximate surface area is 90.0 Å². The normalized spacial score (nSPS) is 31.9. The predicted molar refractivity (Wildman–Crippen MR) is 56.5 cm³/mol. The third-order valence-corrected chi connectivity index (χ3v) is 3.13. The lowest BCUT2D eigenvalue weighted by molar-refractivity contribution is -0.00593. The second kappa shape index (κ2) is 4.60. The van der Waals surface area contributed by atoms with Crippen LogP contribution in [0.3, 0.4) is 0 Å². The Morgan fingerprint density at radius 1 is 1.40 bits per heavy atom. The molecule has 2 unspecified atom stereocenters. The molecule has 2 aliphatic rings. The van der Waals surface area contributed by atoms with Crippen LogP contribution in [0.4, 0.5) is 0 Å². The second-order valence-electron chi connectivity index (χ2n) is 4.68. The standard InChI is InChI=1S/C11H19NO3/c1-7-2-5-9(11(13)14)12-10(7)15-6-8-3-4-8/h7-8,10-11,13-14H,2-6H2,1H3. The molecule has 4 heteroatoms. The van der Waals surface area contributed by atoms with Gasteiger partial charge in [0, 0.05) is 5.92 Å². The zero-order valence-corrected chi connectivity index (χ0v) is 9.09. The van der Waals surface area contributed by atoms with Crippen LogP contribution in [-0.2, 0) is 4.74 Å². The van der Waals surface area contributed by atoms with Crippen LogP contribution in [-0.4, -0.2) is 35.0 Å². The molecular formula is C11H19NO3. The van der Waals surface area contributed by atoms with Gasteiger partial charge in [-0.05, 0) is 31.6 Å². The number of nitrogens with zero attached hydrogens (tertiary/aromatic N) is 1. The van der Waals surface area contributed by atoms with Crippen LogP contribution in [0.5, 0.6) is 0 Å². The van der Waals surface area contributed by atoms with Gasteiger partial charge < -0.3 is 14.9 Å². The van der Waals surface area contributed by atoms with Crippen LogP contribution in [0.25, 0.3) is 0 Å². The number of aliphatic hydroxyl groups excluding tert-OH is 1. The Hall–Kier alpha value is -0.450. The first-order valence-electron chi connectivity index (χ1n) is 5.71. The summed E-state index contributed by atoms with van der Waals surface area (Å²) in [5.41, 5.74) is 0.467. The number of rotatable bonds is 4. The topological polar surface area (TPSA) is 62.0 Å². The fraction of sp³-hybridized carbons (Fsp3) is 0.909. The molecule has 1 heterocycles. The highest BCUT2D eigenvalue weighted by molar-refractivity contribution is 5.87. The molecular weight excluding hydrogens is 194 g/mol. The van der Waals surface area contributed by atoms with E-state index in [0.717, 1.165) is 18.9 Å². The second-order valence-corrected chi connectivity index (χ2v) is 4.68. The van der Waals surface area contributed by atoms with Gasteiger partial charge in [0.05, 0.1) is 12.3 Å². The lowest BCUT2D eigenvalue weighted by Crippen LogP contribution is -2.32. The van der Waals surface area contributed by atoms with Crippen molar-refractivity contribution in [1.29, 1.82) is 0 Å². The molecule has 1 saturated carbocycles. The Kier molecular flexibility index (Phi) is 3.38. The van der Waals surface area contributed by atoms with Crippen LogP contribution in [0.15, 0.2) is 4.99 Å². The monoisotopic (exact) mass is 213 g/mol. The van der Waals surface area contributed by atoms with E-state index in [1.165, 1.54) is 12.8 Å². The van der Waals surface area contributed by atoms with E-state index in [0.29, 0.717) is 18.1 Å². The fourth-order valence-electron chi connectivity index (χ4n) is 1.79. The molecule has 0 saturated heterocycles. The van der Waals surface area contributed by atoms with Gasteiger partial charge in [-0.2, -0.15) is 0 Å². The van der Waals surface area contributed by atoms with E-state index in [-0.39, 0.29) is 6.23 Å². The molecule has 2 N–H and O–H groups in total. The molecule has 86 valence electrons. The summed E-state index contributed by atoms with van der Waals surface area (Å²) in [5.74, 6) is 1.10. The molecule has 0 aromatic rings. The third kappa shape index (κ3) is 3.00. The molecule has 0 amide bonds. The van der Waals surface area contributed by atoms with Crippen molar-refractivity contribution in [3.05, 3.63) is 0 Å². The van der Waals surface area contributed by atoms with E-state index < -0.39 is 6.29 Å². The summed E-state index contributed by atoms with van der Waals surface area (Å²) in [6.45, 7) is 2.87. The zero-order valence-electron chi connectivity index (χ0n) is 9.09. The first kappa shape index (κ1) is 11.0. The van der Waals surface area contributed by atoms with Crippen molar-refractivity contribution < 1.29 is 14.9 Å². The van der Waals surface area contributed by atoms with Gasteiger partial charge in [-0.15, -0.1) is 0 Å². The number of aliphatic imine (C=N–C) groups is 1. The van der Waals surface area contributed by atoms with Crippen LogP contribution in [0.1, 0.15) is 32.6 Å². The van der Waals surface area contributed by atoms with E-state index in [2.05, 4.69) is 11.9 Å². The minimum absolute atomic E-state index is 0.170.